The van der Waals surface area contributed by atoms with Gasteiger partial charge in [-0.25, -0.2) is 0 Å². The minimum absolute atomic E-state index is 0.113. The molecule has 162 valence electrons. The molecule has 0 amide bonds. The van der Waals surface area contributed by atoms with Gasteiger partial charge in [0.2, 0.25) is 0 Å². The van der Waals surface area contributed by atoms with E-state index in [-0.39, 0.29) is 24.6 Å². The summed E-state index contributed by atoms with van der Waals surface area (Å²) in [6, 6.07) is 0. The predicted octanol–water partition coefficient (Wildman–Crippen LogP) is 1.64. The van der Waals surface area contributed by atoms with Crippen molar-refractivity contribution in [3.63, 3.8) is 0 Å². The lowest BCUT2D eigenvalue weighted by atomic mass is 10.3. The van der Waals surface area contributed by atoms with Gasteiger partial charge < -0.3 is 37.9 Å². The third-order valence-electron chi connectivity index (χ3n) is 3.70. The summed E-state index contributed by atoms with van der Waals surface area (Å²) in [5.74, 6) is 0. The summed E-state index contributed by atoms with van der Waals surface area (Å²) in [7, 11) is 0. The lowest BCUT2D eigenvalue weighted by molar-refractivity contribution is -0.175. The van der Waals surface area contributed by atoms with Crippen molar-refractivity contribution in [2.45, 2.75) is 52.3 Å². The third-order valence-corrected chi connectivity index (χ3v) is 3.70. The molecule has 0 saturated carbocycles. The molecule has 0 radical (unpaired) electrons. The van der Waals surface area contributed by atoms with Gasteiger partial charge in [-0.1, -0.05) is 0 Å². The van der Waals surface area contributed by atoms with Crippen LogP contribution in [0.15, 0.2) is 0 Å². The minimum Gasteiger partial charge on any atom is -0.379 e. The van der Waals surface area contributed by atoms with Crippen LogP contribution in [0.4, 0.5) is 0 Å². The Hall–Kier alpha value is -0.320. The van der Waals surface area contributed by atoms with E-state index >= 15 is 0 Å². The van der Waals surface area contributed by atoms with Gasteiger partial charge in [-0.2, -0.15) is 0 Å². The van der Waals surface area contributed by atoms with Crippen LogP contribution in [-0.4, -0.2) is 97.3 Å². The van der Waals surface area contributed by atoms with E-state index < -0.39 is 0 Å². The topological polar surface area (TPSA) is 77.1 Å². The van der Waals surface area contributed by atoms with Crippen molar-refractivity contribution in [1.29, 1.82) is 0 Å². The summed E-state index contributed by atoms with van der Waals surface area (Å²) >= 11 is 0. The van der Waals surface area contributed by atoms with Crippen molar-refractivity contribution >= 4 is 0 Å². The fourth-order valence-corrected chi connectivity index (χ4v) is 2.32. The maximum absolute atomic E-state index is 5.80. The van der Waals surface area contributed by atoms with Crippen molar-refractivity contribution in [3.8, 4) is 0 Å². The van der Waals surface area contributed by atoms with Crippen molar-refractivity contribution < 1.29 is 37.9 Å². The monoisotopic (exact) mass is 394 g/mol. The van der Waals surface area contributed by atoms with Crippen molar-refractivity contribution in [3.05, 3.63) is 0 Å². The Kier molecular flexibility index (Phi) is 15.2. The standard InChI is InChI=1S/C19H38O8/c1-5-20-9-17(26-13-18-14-27-18)12-21-10-16(23-6-2)11-22-15-19(24-7-3)25-8-4/h16-19H,5-15H2,1-4H3. The lowest BCUT2D eigenvalue weighted by Crippen LogP contribution is -2.33. The van der Waals surface area contributed by atoms with E-state index in [4.69, 9.17) is 37.9 Å². The van der Waals surface area contributed by atoms with Crippen LogP contribution in [0.5, 0.6) is 0 Å². The molecule has 1 aliphatic rings. The summed E-state index contributed by atoms with van der Waals surface area (Å²) in [5, 5.41) is 0. The predicted molar refractivity (Wildman–Crippen MR) is 100 cm³/mol. The Morgan fingerprint density at radius 2 is 1.19 bits per heavy atom. The molecule has 3 unspecified atom stereocenters. The van der Waals surface area contributed by atoms with E-state index in [1.54, 1.807) is 0 Å². The second kappa shape index (κ2) is 16.6. The first-order valence-corrected chi connectivity index (χ1v) is 10.0. The molecular formula is C19H38O8. The average Bonchev–Trinajstić information content (AvgIpc) is 3.48. The molecule has 0 aromatic carbocycles. The van der Waals surface area contributed by atoms with Crippen LogP contribution in [0.1, 0.15) is 27.7 Å². The van der Waals surface area contributed by atoms with Gasteiger partial charge in [0.05, 0.1) is 46.2 Å². The number of ether oxygens (including phenoxy) is 8. The molecule has 0 bridgehead atoms. The fraction of sp³-hybridized carbons (Fsp3) is 1.00. The van der Waals surface area contributed by atoms with Gasteiger partial charge in [-0.05, 0) is 27.7 Å². The maximum atomic E-state index is 5.80. The number of hydrogen-bond acceptors (Lipinski definition) is 8. The van der Waals surface area contributed by atoms with Crippen LogP contribution in [0, 0.1) is 0 Å². The second-order valence-corrected chi connectivity index (χ2v) is 6.06. The number of rotatable bonds is 20. The number of epoxide rings is 1. The van der Waals surface area contributed by atoms with Crippen LogP contribution in [-0.2, 0) is 37.9 Å². The van der Waals surface area contributed by atoms with Gasteiger partial charge in [0, 0.05) is 26.4 Å². The maximum Gasteiger partial charge on any atom is 0.180 e. The van der Waals surface area contributed by atoms with Crippen LogP contribution in [0.3, 0.4) is 0 Å². The van der Waals surface area contributed by atoms with Gasteiger partial charge in [0.15, 0.2) is 6.29 Å². The smallest absolute Gasteiger partial charge is 0.180 e. The molecule has 1 heterocycles. The molecule has 1 fully saturated rings. The first-order valence-electron chi connectivity index (χ1n) is 10.0. The molecule has 1 saturated heterocycles. The minimum atomic E-state index is -0.350. The van der Waals surface area contributed by atoms with Crippen LogP contribution >= 0.6 is 0 Å². The van der Waals surface area contributed by atoms with Gasteiger partial charge in [0.25, 0.3) is 0 Å². The third kappa shape index (κ3) is 13.5. The summed E-state index contributed by atoms with van der Waals surface area (Å²) in [6.45, 7) is 13.7. The molecule has 0 aliphatic carbocycles. The second-order valence-electron chi connectivity index (χ2n) is 6.06. The quantitative estimate of drug-likeness (QED) is 0.228. The largest absolute Gasteiger partial charge is 0.379 e. The molecule has 8 heteroatoms. The highest BCUT2D eigenvalue weighted by atomic mass is 16.7. The summed E-state index contributed by atoms with van der Waals surface area (Å²) in [6.07, 6.45) is -0.393. The zero-order valence-corrected chi connectivity index (χ0v) is 17.4. The summed E-state index contributed by atoms with van der Waals surface area (Å²) in [5.41, 5.74) is 0. The molecule has 0 spiro atoms. The van der Waals surface area contributed by atoms with E-state index in [2.05, 4.69) is 0 Å². The van der Waals surface area contributed by atoms with E-state index in [0.29, 0.717) is 66.1 Å². The highest BCUT2D eigenvalue weighted by Crippen LogP contribution is 2.10. The Labute approximate surface area is 163 Å². The Morgan fingerprint density at radius 1 is 0.667 bits per heavy atom. The first-order chi connectivity index (χ1) is 13.2. The van der Waals surface area contributed by atoms with Gasteiger partial charge in [-0.3, -0.25) is 0 Å². The summed E-state index contributed by atoms with van der Waals surface area (Å²) < 4.78 is 44.5. The SMILES string of the molecule is CCOCC(COCC(COCC(OCC)OCC)OCC)OCC1CO1. The van der Waals surface area contributed by atoms with Crippen molar-refractivity contribution in [1.82, 2.24) is 0 Å². The molecule has 1 rings (SSSR count). The zero-order valence-electron chi connectivity index (χ0n) is 17.4. The van der Waals surface area contributed by atoms with E-state index in [9.17, 15) is 0 Å². The summed E-state index contributed by atoms with van der Waals surface area (Å²) in [4.78, 5) is 0. The molecule has 0 N–H and O–H groups in total. The average molecular weight is 395 g/mol. The highest BCUT2D eigenvalue weighted by molar-refractivity contribution is 4.69. The van der Waals surface area contributed by atoms with Crippen molar-refractivity contribution in [2.75, 3.05) is 72.7 Å². The van der Waals surface area contributed by atoms with Gasteiger partial charge in [0.1, 0.15) is 18.3 Å². The fourth-order valence-electron chi connectivity index (χ4n) is 2.32. The Bertz CT molecular complexity index is 321. The lowest BCUT2D eigenvalue weighted by Gasteiger charge is -2.22. The van der Waals surface area contributed by atoms with E-state index in [1.165, 1.54) is 0 Å². The molecular weight excluding hydrogens is 356 g/mol. The molecule has 1 aliphatic heterocycles. The van der Waals surface area contributed by atoms with Gasteiger partial charge in [-0.15, -0.1) is 0 Å². The highest BCUT2D eigenvalue weighted by Gasteiger charge is 2.24. The zero-order chi connectivity index (χ0) is 19.7. The molecule has 0 aromatic heterocycles. The Balaban J connectivity index is 2.25. The molecule has 27 heavy (non-hydrogen) atoms. The van der Waals surface area contributed by atoms with E-state index in [0.717, 1.165) is 6.61 Å². The molecule has 3 atom stereocenters. The first kappa shape index (κ1) is 24.7. The van der Waals surface area contributed by atoms with Crippen LogP contribution < -0.4 is 0 Å². The van der Waals surface area contributed by atoms with Crippen LogP contribution in [0.25, 0.3) is 0 Å². The molecule has 0 aromatic rings. The Morgan fingerprint density at radius 3 is 1.70 bits per heavy atom. The van der Waals surface area contributed by atoms with Gasteiger partial charge >= 0.3 is 0 Å². The normalized spacial score (nSPS) is 18.8. The van der Waals surface area contributed by atoms with E-state index in [1.807, 2.05) is 27.7 Å². The number of hydrogen-bond donors (Lipinski definition) is 0. The molecule has 8 nitrogen and oxygen atoms in total. The van der Waals surface area contributed by atoms with Crippen LogP contribution in [0.2, 0.25) is 0 Å². The van der Waals surface area contributed by atoms with Crippen molar-refractivity contribution in [2.24, 2.45) is 0 Å².